The average Bonchev–Trinajstić information content (AvgIpc) is 2.87. The average molecular weight is 312 g/mol. The summed E-state index contributed by atoms with van der Waals surface area (Å²) in [7, 11) is 1.96. The lowest BCUT2D eigenvalue weighted by Gasteiger charge is -2.36. The second kappa shape index (κ2) is 7.32. The minimum absolute atomic E-state index is 0.122. The molecule has 1 aliphatic rings. The standard InChI is InChI=1S/C16H26ClN3O/c1-12(2)20-11-13(17)10-15(20)16(21)19-9-5-4-6-14(19)7-8-18-3/h10-12,14,18H,4-9H2,1-3H3. The van der Waals surface area contributed by atoms with Gasteiger partial charge in [0.15, 0.2) is 0 Å². The van der Waals surface area contributed by atoms with Gasteiger partial charge in [0.2, 0.25) is 0 Å². The molecule has 1 unspecified atom stereocenters. The third kappa shape index (κ3) is 3.80. The van der Waals surface area contributed by atoms with Crippen LogP contribution >= 0.6 is 11.6 Å². The van der Waals surface area contributed by atoms with Crippen LogP contribution in [-0.4, -0.2) is 41.6 Å². The highest BCUT2D eigenvalue weighted by Crippen LogP contribution is 2.25. The second-order valence-corrected chi connectivity index (χ2v) is 6.52. The molecular weight excluding hydrogens is 286 g/mol. The molecule has 0 radical (unpaired) electrons. The van der Waals surface area contributed by atoms with Gasteiger partial charge in [-0.15, -0.1) is 0 Å². The SMILES string of the molecule is CNCCC1CCCCN1C(=O)c1cc(Cl)cn1C(C)C. The molecule has 21 heavy (non-hydrogen) atoms. The van der Waals surface area contributed by atoms with Crippen molar-refractivity contribution in [3.05, 3.63) is 23.0 Å². The van der Waals surface area contributed by atoms with Gasteiger partial charge >= 0.3 is 0 Å². The molecule has 0 spiro atoms. The van der Waals surface area contributed by atoms with Crippen LogP contribution in [0.3, 0.4) is 0 Å². The molecule has 2 rings (SSSR count). The predicted octanol–water partition coefficient (Wildman–Crippen LogP) is 3.33. The van der Waals surface area contributed by atoms with Crippen LogP contribution in [0.2, 0.25) is 5.02 Å². The summed E-state index contributed by atoms with van der Waals surface area (Å²) in [6.45, 7) is 5.94. The molecule has 1 saturated heterocycles. The molecule has 4 nitrogen and oxygen atoms in total. The Hall–Kier alpha value is -1.00. The number of likely N-dealkylation sites (tertiary alicyclic amines) is 1. The van der Waals surface area contributed by atoms with Crippen molar-refractivity contribution in [1.29, 1.82) is 0 Å². The van der Waals surface area contributed by atoms with E-state index in [-0.39, 0.29) is 11.9 Å². The van der Waals surface area contributed by atoms with Crippen molar-refractivity contribution in [2.24, 2.45) is 0 Å². The lowest BCUT2D eigenvalue weighted by Crippen LogP contribution is -2.45. The van der Waals surface area contributed by atoms with E-state index in [1.54, 1.807) is 6.07 Å². The lowest BCUT2D eigenvalue weighted by atomic mass is 9.99. The quantitative estimate of drug-likeness (QED) is 0.905. The molecule has 5 heteroatoms. The van der Waals surface area contributed by atoms with E-state index in [9.17, 15) is 4.79 Å². The summed E-state index contributed by atoms with van der Waals surface area (Å²) in [6, 6.07) is 2.37. The van der Waals surface area contributed by atoms with Gasteiger partial charge in [0.25, 0.3) is 5.91 Å². The van der Waals surface area contributed by atoms with Crippen molar-refractivity contribution in [2.45, 2.75) is 51.6 Å². The summed E-state index contributed by atoms with van der Waals surface area (Å²) in [5, 5.41) is 3.82. The van der Waals surface area contributed by atoms with Crippen LogP contribution in [0, 0.1) is 0 Å². The summed E-state index contributed by atoms with van der Waals surface area (Å²) in [4.78, 5) is 15.0. The number of hydrogen-bond donors (Lipinski definition) is 1. The Morgan fingerprint density at radius 3 is 2.90 bits per heavy atom. The van der Waals surface area contributed by atoms with Crippen molar-refractivity contribution < 1.29 is 4.79 Å². The Morgan fingerprint density at radius 2 is 2.24 bits per heavy atom. The fourth-order valence-electron chi connectivity index (χ4n) is 3.07. The van der Waals surface area contributed by atoms with Crippen LogP contribution in [0.1, 0.15) is 56.1 Å². The van der Waals surface area contributed by atoms with Gasteiger partial charge in [-0.05, 0) is 59.2 Å². The molecule has 1 aromatic rings. The third-order valence-electron chi connectivity index (χ3n) is 4.21. The molecule has 1 fully saturated rings. The van der Waals surface area contributed by atoms with Crippen LogP contribution in [0.5, 0.6) is 0 Å². The van der Waals surface area contributed by atoms with Crippen molar-refractivity contribution in [3.8, 4) is 0 Å². The highest BCUT2D eigenvalue weighted by molar-refractivity contribution is 6.31. The Morgan fingerprint density at radius 1 is 1.48 bits per heavy atom. The summed E-state index contributed by atoms with van der Waals surface area (Å²) in [5.74, 6) is 0.122. The van der Waals surface area contributed by atoms with E-state index in [0.29, 0.717) is 16.8 Å². The van der Waals surface area contributed by atoms with Gasteiger partial charge in [-0.2, -0.15) is 0 Å². The summed E-state index contributed by atoms with van der Waals surface area (Å²) < 4.78 is 1.98. The van der Waals surface area contributed by atoms with Crippen LogP contribution in [-0.2, 0) is 0 Å². The minimum Gasteiger partial charge on any atom is -0.339 e. The number of nitrogens with one attached hydrogen (secondary N) is 1. The number of hydrogen-bond acceptors (Lipinski definition) is 2. The Bertz CT molecular complexity index is 484. The third-order valence-corrected chi connectivity index (χ3v) is 4.41. The fraction of sp³-hybridized carbons (Fsp3) is 0.688. The molecule has 1 atom stereocenters. The summed E-state index contributed by atoms with van der Waals surface area (Å²) in [5.41, 5.74) is 0.714. The van der Waals surface area contributed by atoms with Crippen LogP contribution in [0.25, 0.3) is 0 Å². The van der Waals surface area contributed by atoms with E-state index < -0.39 is 0 Å². The molecule has 0 aliphatic carbocycles. The first-order valence-corrected chi connectivity index (χ1v) is 8.25. The second-order valence-electron chi connectivity index (χ2n) is 6.08. The smallest absolute Gasteiger partial charge is 0.270 e. The molecule has 118 valence electrons. The number of nitrogens with zero attached hydrogens (tertiary/aromatic N) is 2. The van der Waals surface area contributed by atoms with E-state index in [1.165, 1.54) is 6.42 Å². The van der Waals surface area contributed by atoms with Gasteiger partial charge in [0.05, 0.1) is 5.02 Å². The van der Waals surface area contributed by atoms with Gasteiger partial charge in [0.1, 0.15) is 5.69 Å². The van der Waals surface area contributed by atoms with Gasteiger partial charge in [-0.25, -0.2) is 0 Å². The van der Waals surface area contributed by atoms with E-state index >= 15 is 0 Å². The normalized spacial score (nSPS) is 19.3. The molecule has 0 aromatic carbocycles. The maximum Gasteiger partial charge on any atom is 0.270 e. The van der Waals surface area contributed by atoms with Crippen molar-refractivity contribution >= 4 is 17.5 Å². The summed E-state index contributed by atoms with van der Waals surface area (Å²) >= 11 is 6.11. The maximum atomic E-state index is 12.9. The van der Waals surface area contributed by atoms with Crippen LogP contribution in [0.15, 0.2) is 12.3 Å². The maximum absolute atomic E-state index is 12.9. The first-order chi connectivity index (χ1) is 10.0. The van der Waals surface area contributed by atoms with E-state index in [4.69, 9.17) is 11.6 Å². The molecule has 1 amide bonds. The highest BCUT2D eigenvalue weighted by atomic mass is 35.5. The minimum atomic E-state index is 0.122. The van der Waals surface area contributed by atoms with Crippen molar-refractivity contribution in [1.82, 2.24) is 14.8 Å². The molecule has 0 saturated carbocycles. The molecule has 1 N–H and O–H groups in total. The zero-order valence-electron chi connectivity index (χ0n) is 13.2. The number of rotatable bonds is 5. The lowest BCUT2D eigenvalue weighted by molar-refractivity contribution is 0.0590. The monoisotopic (exact) mass is 311 g/mol. The molecule has 1 aromatic heterocycles. The summed E-state index contributed by atoms with van der Waals surface area (Å²) in [6.07, 6.45) is 6.27. The molecular formula is C16H26ClN3O. The molecule has 0 bridgehead atoms. The first-order valence-electron chi connectivity index (χ1n) is 7.87. The van der Waals surface area contributed by atoms with Crippen molar-refractivity contribution in [3.63, 3.8) is 0 Å². The predicted molar refractivity (Wildman–Crippen MR) is 87.0 cm³/mol. The molecule has 1 aliphatic heterocycles. The van der Waals surface area contributed by atoms with E-state index in [1.807, 2.05) is 22.7 Å². The zero-order chi connectivity index (χ0) is 15.4. The van der Waals surface area contributed by atoms with Gasteiger partial charge in [0, 0.05) is 24.8 Å². The largest absolute Gasteiger partial charge is 0.339 e. The number of piperidine rings is 1. The molecule has 2 heterocycles. The number of aromatic nitrogens is 1. The Balaban J connectivity index is 2.20. The van der Waals surface area contributed by atoms with E-state index in [2.05, 4.69) is 19.2 Å². The number of carbonyl (C=O) groups excluding carboxylic acids is 1. The van der Waals surface area contributed by atoms with E-state index in [0.717, 1.165) is 32.4 Å². The van der Waals surface area contributed by atoms with Gasteiger partial charge < -0.3 is 14.8 Å². The fourth-order valence-corrected chi connectivity index (χ4v) is 3.28. The number of carbonyl (C=O) groups is 1. The highest BCUT2D eigenvalue weighted by Gasteiger charge is 2.29. The first kappa shape index (κ1) is 16.4. The Kier molecular flexibility index (Phi) is 5.71. The number of amides is 1. The number of halogens is 1. The Labute approximate surface area is 132 Å². The van der Waals surface area contributed by atoms with Gasteiger partial charge in [-0.3, -0.25) is 4.79 Å². The zero-order valence-corrected chi connectivity index (χ0v) is 14.0. The van der Waals surface area contributed by atoms with Crippen molar-refractivity contribution in [2.75, 3.05) is 20.1 Å². The topological polar surface area (TPSA) is 37.3 Å². The van der Waals surface area contributed by atoms with Gasteiger partial charge in [-0.1, -0.05) is 11.6 Å². The van der Waals surface area contributed by atoms with Crippen LogP contribution < -0.4 is 5.32 Å². The van der Waals surface area contributed by atoms with Crippen LogP contribution in [0.4, 0.5) is 0 Å².